The number of carbonyl (C=O) groups is 1. The van der Waals surface area contributed by atoms with Crippen LogP contribution in [0.5, 0.6) is 0 Å². The van der Waals surface area contributed by atoms with Crippen LogP contribution < -0.4 is 0 Å². The molecule has 1 aromatic rings. The predicted molar refractivity (Wildman–Crippen MR) is 79.2 cm³/mol. The fourth-order valence-electron chi connectivity index (χ4n) is 2.84. The maximum atomic E-state index is 13.6. The standard InChI is InChI=1S/C16H20ClFO3/c17-14-4-3-12(9-15(14)18)13(10-16(19)20)2-1-11-5-7-21-8-6-11/h3-4,9,11,13H,1-2,5-8,10H2,(H,19,20). The van der Waals surface area contributed by atoms with Crippen LogP contribution in [0, 0.1) is 11.7 Å². The SMILES string of the molecule is O=C(O)CC(CCC1CCOCC1)c1ccc(Cl)c(F)c1. The lowest BCUT2D eigenvalue weighted by Crippen LogP contribution is -2.17. The van der Waals surface area contributed by atoms with E-state index in [0.717, 1.165) is 38.9 Å². The summed E-state index contributed by atoms with van der Waals surface area (Å²) in [5.74, 6) is -0.942. The summed E-state index contributed by atoms with van der Waals surface area (Å²) in [5.41, 5.74) is 0.714. The van der Waals surface area contributed by atoms with Gasteiger partial charge in [-0.3, -0.25) is 4.79 Å². The van der Waals surface area contributed by atoms with E-state index in [1.165, 1.54) is 12.1 Å². The van der Waals surface area contributed by atoms with E-state index in [1.807, 2.05) is 0 Å². The summed E-state index contributed by atoms with van der Waals surface area (Å²) in [6, 6.07) is 4.58. The minimum absolute atomic E-state index is 0.0181. The van der Waals surface area contributed by atoms with Crippen molar-refractivity contribution in [3.8, 4) is 0 Å². The molecule has 0 spiro atoms. The first-order valence-corrected chi connectivity index (χ1v) is 7.68. The van der Waals surface area contributed by atoms with Crippen molar-refractivity contribution in [2.75, 3.05) is 13.2 Å². The van der Waals surface area contributed by atoms with Gasteiger partial charge in [0.1, 0.15) is 5.82 Å². The van der Waals surface area contributed by atoms with Gasteiger partial charge in [0.15, 0.2) is 0 Å². The van der Waals surface area contributed by atoms with E-state index in [-0.39, 0.29) is 17.4 Å². The summed E-state index contributed by atoms with van der Waals surface area (Å²) < 4.78 is 18.9. The molecule has 1 fully saturated rings. The highest BCUT2D eigenvalue weighted by Crippen LogP contribution is 2.31. The second-order valence-electron chi connectivity index (χ2n) is 5.60. The molecule has 0 aliphatic carbocycles. The molecule has 116 valence electrons. The van der Waals surface area contributed by atoms with E-state index in [2.05, 4.69) is 0 Å². The van der Waals surface area contributed by atoms with Crippen LogP contribution in [0.2, 0.25) is 5.02 Å². The van der Waals surface area contributed by atoms with E-state index >= 15 is 0 Å². The van der Waals surface area contributed by atoms with Crippen molar-refractivity contribution < 1.29 is 19.0 Å². The summed E-state index contributed by atoms with van der Waals surface area (Å²) in [5, 5.41) is 9.13. The Hall–Kier alpha value is -1.13. The molecule has 2 rings (SSSR count). The van der Waals surface area contributed by atoms with E-state index in [1.54, 1.807) is 6.07 Å². The minimum atomic E-state index is -0.859. The van der Waals surface area contributed by atoms with Gasteiger partial charge in [-0.25, -0.2) is 4.39 Å². The zero-order valence-electron chi connectivity index (χ0n) is 11.9. The molecule has 5 heteroatoms. The lowest BCUT2D eigenvalue weighted by Gasteiger charge is -2.24. The number of benzene rings is 1. The molecule has 1 aliphatic heterocycles. The highest BCUT2D eigenvalue weighted by Gasteiger charge is 2.20. The summed E-state index contributed by atoms with van der Waals surface area (Å²) in [6.45, 7) is 1.56. The van der Waals surface area contributed by atoms with Crippen LogP contribution in [0.15, 0.2) is 18.2 Å². The molecular weight excluding hydrogens is 295 g/mol. The quantitative estimate of drug-likeness (QED) is 0.854. The largest absolute Gasteiger partial charge is 0.481 e. The predicted octanol–water partition coefficient (Wildman–Crippen LogP) is 4.24. The monoisotopic (exact) mass is 314 g/mol. The first-order valence-electron chi connectivity index (χ1n) is 7.30. The average Bonchev–Trinajstić information content (AvgIpc) is 2.47. The van der Waals surface area contributed by atoms with Crippen LogP contribution in [0.25, 0.3) is 0 Å². The Morgan fingerprint density at radius 3 is 2.76 bits per heavy atom. The molecule has 1 heterocycles. The number of carboxylic acids is 1. The van der Waals surface area contributed by atoms with Crippen molar-refractivity contribution >= 4 is 17.6 Å². The van der Waals surface area contributed by atoms with Gasteiger partial charge in [0.25, 0.3) is 0 Å². The Morgan fingerprint density at radius 1 is 1.43 bits per heavy atom. The van der Waals surface area contributed by atoms with Crippen molar-refractivity contribution in [2.24, 2.45) is 5.92 Å². The third-order valence-corrected chi connectivity index (χ3v) is 4.41. The lowest BCUT2D eigenvalue weighted by molar-refractivity contribution is -0.137. The molecule has 0 saturated carbocycles. The molecule has 1 aromatic carbocycles. The zero-order chi connectivity index (χ0) is 15.2. The fraction of sp³-hybridized carbons (Fsp3) is 0.562. The van der Waals surface area contributed by atoms with Gasteiger partial charge < -0.3 is 9.84 Å². The fourth-order valence-corrected chi connectivity index (χ4v) is 2.95. The molecule has 0 amide bonds. The smallest absolute Gasteiger partial charge is 0.303 e. The van der Waals surface area contributed by atoms with Crippen molar-refractivity contribution in [1.29, 1.82) is 0 Å². The second kappa shape index (κ2) is 7.76. The third-order valence-electron chi connectivity index (χ3n) is 4.10. The summed E-state index contributed by atoms with van der Waals surface area (Å²) in [7, 11) is 0. The molecule has 1 saturated heterocycles. The zero-order valence-corrected chi connectivity index (χ0v) is 12.6. The van der Waals surface area contributed by atoms with Crippen molar-refractivity contribution in [1.82, 2.24) is 0 Å². The number of ether oxygens (including phenoxy) is 1. The summed E-state index contributed by atoms with van der Waals surface area (Å²) in [4.78, 5) is 11.0. The Labute approximate surface area is 129 Å². The number of rotatable bonds is 6. The molecule has 1 N–H and O–H groups in total. The van der Waals surface area contributed by atoms with Crippen LogP contribution in [0.3, 0.4) is 0 Å². The number of halogens is 2. The highest BCUT2D eigenvalue weighted by atomic mass is 35.5. The summed E-state index contributed by atoms with van der Waals surface area (Å²) >= 11 is 5.68. The van der Waals surface area contributed by atoms with Crippen LogP contribution in [-0.4, -0.2) is 24.3 Å². The van der Waals surface area contributed by atoms with Crippen molar-refractivity contribution in [3.05, 3.63) is 34.6 Å². The molecule has 1 atom stereocenters. The topological polar surface area (TPSA) is 46.5 Å². The molecule has 21 heavy (non-hydrogen) atoms. The first-order chi connectivity index (χ1) is 10.1. The molecule has 1 unspecified atom stereocenters. The van der Waals surface area contributed by atoms with Gasteiger partial charge >= 0.3 is 5.97 Å². The van der Waals surface area contributed by atoms with Gasteiger partial charge in [-0.2, -0.15) is 0 Å². The second-order valence-corrected chi connectivity index (χ2v) is 6.01. The van der Waals surface area contributed by atoms with Crippen LogP contribution in [0.4, 0.5) is 4.39 Å². The number of aliphatic carboxylic acids is 1. The van der Waals surface area contributed by atoms with Crippen molar-refractivity contribution in [3.63, 3.8) is 0 Å². The van der Waals surface area contributed by atoms with Crippen LogP contribution in [-0.2, 0) is 9.53 Å². The first kappa shape index (κ1) is 16.2. The van der Waals surface area contributed by atoms with E-state index < -0.39 is 11.8 Å². The van der Waals surface area contributed by atoms with Crippen molar-refractivity contribution in [2.45, 2.75) is 38.0 Å². The molecular formula is C16H20ClFO3. The summed E-state index contributed by atoms with van der Waals surface area (Å²) in [6.07, 6.45) is 3.76. The Balaban J connectivity index is 2.02. The Bertz CT molecular complexity index is 486. The van der Waals surface area contributed by atoms with E-state index in [0.29, 0.717) is 11.5 Å². The average molecular weight is 315 g/mol. The number of carboxylic acid groups (broad SMARTS) is 1. The number of hydrogen-bond donors (Lipinski definition) is 1. The van der Waals surface area contributed by atoms with Gasteiger partial charge in [0.05, 0.1) is 11.4 Å². The molecule has 1 aliphatic rings. The maximum absolute atomic E-state index is 13.6. The molecule has 3 nitrogen and oxygen atoms in total. The third kappa shape index (κ3) is 4.97. The van der Waals surface area contributed by atoms with Gasteiger partial charge in [-0.15, -0.1) is 0 Å². The molecule has 0 aromatic heterocycles. The van der Waals surface area contributed by atoms with Gasteiger partial charge in [-0.05, 0) is 55.2 Å². The minimum Gasteiger partial charge on any atom is -0.481 e. The van der Waals surface area contributed by atoms with Gasteiger partial charge in [0, 0.05) is 13.2 Å². The van der Waals surface area contributed by atoms with Crippen LogP contribution in [0.1, 0.15) is 43.6 Å². The molecule has 0 bridgehead atoms. The normalized spacial score (nSPS) is 17.6. The van der Waals surface area contributed by atoms with E-state index in [4.69, 9.17) is 21.4 Å². The van der Waals surface area contributed by atoms with E-state index in [9.17, 15) is 9.18 Å². The van der Waals surface area contributed by atoms with Crippen LogP contribution >= 0.6 is 11.6 Å². The lowest BCUT2D eigenvalue weighted by atomic mass is 9.85. The Kier molecular flexibility index (Phi) is 6.00. The number of hydrogen-bond acceptors (Lipinski definition) is 2. The molecule has 0 radical (unpaired) electrons. The maximum Gasteiger partial charge on any atom is 0.303 e. The van der Waals surface area contributed by atoms with Gasteiger partial charge in [0.2, 0.25) is 0 Å². The van der Waals surface area contributed by atoms with Gasteiger partial charge in [-0.1, -0.05) is 17.7 Å². The highest BCUT2D eigenvalue weighted by molar-refractivity contribution is 6.30. The Morgan fingerprint density at radius 2 is 2.14 bits per heavy atom.